The molecule has 0 radical (unpaired) electrons. The van der Waals surface area contributed by atoms with Crippen molar-refractivity contribution in [3.05, 3.63) is 69.7 Å². The van der Waals surface area contributed by atoms with Crippen LogP contribution in [0.4, 0.5) is 5.69 Å². The SMILES string of the molecule is CCCCCCCCCCCCOc1cc(C(=O)Nc2ccc(CN3CSC=C3C)cc2)ccc1Cl. The van der Waals surface area contributed by atoms with Crippen LogP contribution in [0.5, 0.6) is 5.75 Å². The maximum Gasteiger partial charge on any atom is 0.255 e. The summed E-state index contributed by atoms with van der Waals surface area (Å²) in [5, 5.41) is 5.70. The maximum absolute atomic E-state index is 12.8. The molecule has 0 fully saturated rings. The molecule has 0 aromatic heterocycles. The van der Waals surface area contributed by atoms with E-state index in [9.17, 15) is 4.79 Å². The number of carbonyl (C=O) groups is 1. The minimum Gasteiger partial charge on any atom is -0.492 e. The normalized spacial score (nSPS) is 13.1. The van der Waals surface area contributed by atoms with E-state index >= 15 is 0 Å². The lowest BCUT2D eigenvalue weighted by molar-refractivity contribution is 0.102. The highest BCUT2D eigenvalue weighted by Crippen LogP contribution is 2.27. The number of halogens is 1. The van der Waals surface area contributed by atoms with Gasteiger partial charge in [-0.15, -0.1) is 11.8 Å². The molecule has 36 heavy (non-hydrogen) atoms. The van der Waals surface area contributed by atoms with E-state index in [0.29, 0.717) is 22.9 Å². The Morgan fingerprint density at radius 3 is 2.28 bits per heavy atom. The Balaban J connectivity index is 1.38. The molecule has 2 aromatic carbocycles. The van der Waals surface area contributed by atoms with Gasteiger partial charge in [-0.2, -0.15) is 0 Å². The van der Waals surface area contributed by atoms with Gasteiger partial charge >= 0.3 is 0 Å². The van der Waals surface area contributed by atoms with Gasteiger partial charge in [0.25, 0.3) is 5.91 Å². The third-order valence-corrected chi connectivity index (χ3v) is 7.80. The number of carbonyl (C=O) groups excluding carboxylic acids is 1. The molecule has 1 aliphatic heterocycles. The second kappa shape index (κ2) is 15.9. The van der Waals surface area contributed by atoms with Crippen molar-refractivity contribution >= 4 is 35.0 Å². The zero-order valence-corrected chi connectivity index (χ0v) is 23.4. The number of unbranched alkanes of at least 4 members (excludes halogenated alkanes) is 9. The first-order chi connectivity index (χ1) is 17.6. The third-order valence-electron chi connectivity index (χ3n) is 6.52. The van der Waals surface area contributed by atoms with Crippen molar-refractivity contribution in [2.45, 2.75) is 84.6 Å². The van der Waals surface area contributed by atoms with E-state index in [0.717, 1.165) is 31.0 Å². The van der Waals surface area contributed by atoms with Crippen LogP contribution in [-0.2, 0) is 6.54 Å². The quantitative estimate of drug-likeness (QED) is 0.220. The molecule has 0 saturated heterocycles. The fourth-order valence-corrected chi connectivity index (χ4v) is 5.35. The van der Waals surface area contributed by atoms with Crippen LogP contribution >= 0.6 is 23.4 Å². The molecular formula is C30H41ClN2O2S. The van der Waals surface area contributed by atoms with Gasteiger partial charge in [-0.1, -0.05) is 88.4 Å². The molecule has 0 saturated carbocycles. The van der Waals surface area contributed by atoms with E-state index in [1.807, 2.05) is 23.9 Å². The fourth-order valence-electron chi connectivity index (χ4n) is 4.24. The average molecular weight is 529 g/mol. The third kappa shape index (κ3) is 9.74. The molecule has 1 aliphatic rings. The standard InChI is InChI=1S/C30H41ClN2O2S/c1-3-4-5-6-7-8-9-10-11-12-19-35-29-20-26(15-18-28(29)31)30(34)32-27-16-13-25(14-17-27)21-33-23-36-22-24(33)2/h13-18,20,22H,3-12,19,21,23H2,1-2H3,(H,32,34). The first-order valence-corrected chi connectivity index (χ1v) is 14.9. The summed E-state index contributed by atoms with van der Waals surface area (Å²) in [6.07, 6.45) is 12.8. The second-order valence-electron chi connectivity index (χ2n) is 9.58. The number of hydrogen-bond acceptors (Lipinski definition) is 4. The first-order valence-electron chi connectivity index (χ1n) is 13.4. The van der Waals surface area contributed by atoms with E-state index in [4.69, 9.17) is 16.3 Å². The van der Waals surface area contributed by atoms with Crippen molar-refractivity contribution in [2.24, 2.45) is 0 Å². The zero-order chi connectivity index (χ0) is 25.6. The predicted molar refractivity (Wildman–Crippen MR) is 155 cm³/mol. The second-order valence-corrected chi connectivity index (χ2v) is 10.8. The Hall–Kier alpha value is -2.11. The molecule has 0 aliphatic carbocycles. The molecule has 1 heterocycles. The summed E-state index contributed by atoms with van der Waals surface area (Å²) in [4.78, 5) is 15.2. The van der Waals surface area contributed by atoms with E-state index in [-0.39, 0.29) is 5.91 Å². The summed E-state index contributed by atoms with van der Waals surface area (Å²) >= 11 is 8.15. The number of ether oxygens (including phenoxy) is 1. The topological polar surface area (TPSA) is 41.6 Å². The average Bonchev–Trinajstić information content (AvgIpc) is 3.28. The number of nitrogens with zero attached hydrogens (tertiary/aromatic N) is 1. The lowest BCUT2D eigenvalue weighted by Gasteiger charge is -2.19. The number of amides is 1. The number of benzene rings is 2. The highest BCUT2D eigenvalue weighted by Gasteiger charge is 2.13. The minimum absolute atomic E-state index is 0.169. The molecule has 0 bridgehead atoms. The molecule has 6 heteroatoms. The summed E-state index contributed by atoms with van der Waals surface area (Å²) in [5.41, 5.74) is 3.83. The van der Waals surface area contributed by atoms with Gasteiger partial charge in [0.1, 0.15) is 5.75 Å². The number of allylic oxidation sites excluding steroid dienone is 1. The molecule has 3 rings (SSSR count). The van der Waals surface area contributed by atoms with Crippen LogP contribution in [0.3, 0.4) is 0 Å². The van der Waals surface area contributed by atoms with Crippen molar-refractivity contribution in [3.63, 3.8) is 0 Å². The van der Waals surface area contributed by atoms with Crippen molar-refractivity contribution < 1.29 is 9.53 Å². The Bertz CT molecular complexity index is 977. The number of rotatable bonds is 16. The summed E-state index contributed by atoms with van der Waals surface area (Å²) < 4.78 is 5.91. The van der Waals surface area contributed by atoms with E-state index in [2.05, 4.69) is 41.6 Å². The Kier molecular flexibility index (Phi) is 12.6. The Morgan fingerprint density at radius 1 is 0.972 bits per heavy atom. The maximum atomic E-state index is 12.8. The summed E-state index contributed by atoms with van der Waals surface area (Å²) in [5.74, 6) is 1.39. The van der Waals surface area contributed by atoms with Crippen LogP contribution < -0.4 is 10.1 Å². The number of nitrogens with one attached hydrogen (secondary N) is 1. The van der Waals surface area contributed by atoms with Crippen LogP contribution in [0.25, 0.3) is 0 Å². The fraction of sp³-hybridized carbons (Fsp3) is 0.500. The van der Waals surface area contributed by atoms with Gasteiger partial charge in [0.05, 0.1) is 17.5 Å². The minimum atomic E-state index is -0.169. The van der Waals surface area contributed by atoms with E-state index in [1.165, 1.54) is 62.6 Å². The molecule has 0 spiro atoms. The van der Waals surface area contributed by atoms with Gasteiger partial charge in [0.2, 0.25) is 0 Å². The van der Waals surface area contributed by atoms with Crippen molar-refractivity contribution in [1.29, 1.82) is 0 Å². The van der Waals surface area contributed by atoms with Crippen LogP contribution in [-0.4, -0.2) is 23.3 Å². The van der Waals surface area contributed by atoms with Gasteiger partial charge in [-0.05, 0) is 54.6 Å². The smallest absolute Gasteiger partial charge is 0.255 e. The van der Waals surface area contributed by atoms with Crippen LogP contribution in [0.15, 0.2) is 53.6 Å². The predicted octanol–water partition coefficient (Wildman–Crippen LogP) is 9.26. The number of thioether (sulfide) groups is 1. The molecule has 0 unspecified atom stereocenters. The van der Waals surface area contributed by atoms with Gasteiger partial charge < -0.3 is 15.0 Å². The zero-order valence-electron chi connectivity index (χ0n) is 21.9. The van der Waals surface area contributed by atoms with Crippen LogP contribution in [0, 0.1) is 0 Å². The monoisotopic (exact) mass is 528 g/mol. The van der Waals surface area contributed by atoms with Crippen LogP contribution in [0.1, 0.15) is 94.0 Å². The molecule has 0 atom stereocenters. The van der Waals surface area contributed by atoms with E-state index < -0.39 is 0 Å². The number of anilines is 1. The lowest BCUT2D eigenvalue weighted by atomic mass is 10.1. The van der Waals surface area contributed by atoms with Gasteiger partial charge in [0.15, 0.2) is 0 Å². The molecule has 1 N–H and O–H groups in total. The van der Waals surface area contributed by atoms with Gasteiger partial charge in [-0.25, -0.2) is 0 Å². The van der Waals surface area contributed by atoms with Crippen LogP contribution in [0.2, 0.25) is 5.02 Å². The number of hydrogen-bond donors (Lipinski definition) is 1. The van der Waals surface area contributed by atoms with E-state index in [1.54, 1.807) is 18.2 Å². The molecule has 1 amide bonds. The van der Waals surface area contributed by atoms with Gasteiger partial charge in [0, 0.05) is 23.5 Å². The molecular weight excluding hydrogens is 488 g/mol. The largest absolute Gasteiger partial charge is 0.492 e. The summed E-state index contributed by atoms with van der Waals surface area (Å²) in [7, 11) is 0. The Morgan fingerprint density at radius 2 is 1.64 bits per heavy atom. The Labute approximate surface area is 226 Å². The summed E-state index contributed by atoms with van der Waals surface area (Å²) in [6, 6.07) is 13.2. The molecule has 196 valence electrons. The summed E-state index contributed by atoms with van der Waals surface area (Å²) in [6.45, 7) is 5.89. The van der Waals surface area contributed by atoms with Crippen molar-refractivity contribution in [1.82, 2.24) is 4.90 Å². The highest BCUT2D eigenvalue weighted by molar-refractivity contribution is 8.02. The lowest BCUT2D eigenvalue weighted by Crippen LogP contribution is -2.17. The molecule has 2 aromatic rings. The first kappa shape index (κ1) is 28.5. The van der Waals surface area contributed by atoms with Crippen molar-refractivity contribution in [2.75, 3.05) is 17.8 Å². The highest BCUT2D eigenvalue weighted by atomic mass is 35.5. The molecule has 4 nitrogen and oxygen atoms in total. The van der Waals surface area contributed by atoms with Crippen molar-refractivity contribution in [3.8, 4) is 5.75 Å². The van der Waals surface area contributed by atoms with Gasteiger partial charge in [-0.3, -0.25) is 4.79 Å².